The highest BCUT2D eigenvalue weighted by atomic mass is 15.2. The lowest BCUT2D eigenvalue weighted by Gasteiger charge is -2.26. The maximum Gasteiger partial charge on any atom is 0.0456 e. The molecule has 86 valence electrons. The Morgan fingerprint density at radius 2 is 2.25 bits per heavy atom. The van der Waals surface area contributed by atoms with Crippen LogP contribution in [0.1, 0.15) is 30.5 Å². The average Bonchev–Trinajstić information content (AvgIpc) is 3.02. The molecule has 1 saturated carbocycles. The highest BCUT2D eigenvalue weighted by Crippen LogP contribution is 2.36. The van der Waals surface area contributed by atoms with Crippen molar-refractivity contribution in [3.8, 4) is 0 Å². The van der Waals surface area contributed by atoms with Crippen molar-refractivity contribution < 1.29 is 0 Å². The number of nitrogens with zero attached hydrogens (tertiary/aromatic N) is 2. The van der Waals surface area contributed by atoms with Gasteiger partial charge in [0.05, 0.1) is 0 Å². The molecule has 2 N–H and O–H groups in total. The van der Waals surface area contributed by atoms with Gasteiger partial charge in [-0.2, -0.15) is 0 Å². The number of hydrogen-bond donors (Lipinski definition) is 1. The molecule has 1 fully saturated rings. The van der Waals surface area contributed by atoms with Crippen LogP contribution >= 0.6 is 0 Å². The van der Waals surface area contributed by atoms with Gasteiger partial charge in [0.1, 0.15) is 0 Å². The van der Waals surface area contributed by atoms with E-state index in [1.807, 2.05) is 6.20 Å². The predicted molar refractivity (Wildman–Crippen MR) is 65.7 cm³/mol. The number of anilines is 1. The first-order valence-corrected chi connectivity index (χ1v) is 6.33. The molecule has 2 aliphatic rings. The first-order chi connectivity index (χ1) is 7.90. The van der Waals surface area contributed by atoms with E-state index in [4.69, 9.17) is 5.73 Å². The lowest BCUT2D eigenvalue weighted by atomic mass is 10.1. The van der Waals surface area contributed by atoms with E-state index >= 15 is 0 Å². The quantitative estimate of drug-likeness (QED) is 0.831. The van der Waals surface area contributed by atoms with Crippen molar-refractivity contribution in [2.45, 2.75) is 38.1 Å². The molecule has 0 atom stereocenters. The Kier molecular flexibility index (Phi) is 2.56. The molecule has 2 aliphatic carbocycles. The molecule has 0 spiro atoms. The molecule has 3 nitrogen and oxygen atoms in total. The van der Waals surface area contributed by atoms with Gasteiger partial charge in [-0.15, -0.1) is 0 Å². The van der Waals surface area contributed by atoms with Crippen LogP contribution in [0.4, 0.5) is 5.69 Å². The van der Waals surface area contributed by atoms with Crippen LogP contribution < -0.4 is 10.6 Å². The molecule has 0 aromatic carbocycles. The van der Waals surface area contributed by atoms with Gasteiger partial charge in [0.2, 0.25) is 0 Å². The van der Waals surface area contributed by atoms with Crippen molar-refractivity contribution in [1.82, 2.24) is 4.98 Å². The van der Waals surface area contributed by atoms with Crippen molar-refractivity contribution in [2.75, 3.05) is 18.0 Å². The summed E-state index contributed by atoms with van der Waals surface area (Å²) in [5.74, 6) is 0. The predicted octanol–water partition coefficient (Wildman–Crippen LogP) is 1.50. The van der Waals surface area contributed by atoms with Crippen LogP contribution in [0.15, 0.2) is 12.3 Å². The second-order valence-electron chi connectivity index (χ2n) is 4.82. The van der Waals surface area contributed by atoms with Gasteiger partial charge in [-0.25, -0.2) is 0 Å². The highest BCUT2D eigenvalue weighted by molar-refractivity contribution is 5.57. The van der Waals surface area contributed by atoms with Crippen molar-refractivity contribution in [3.63, 3.8) is 0 Å². The normalized spacial score (nSPS) is 18.6. The van der Waals surface area contributed by atoms with Crippen LogP contribution in [-0.4, -0.2) is 24.1 Å². The van der Waals surface area contributed by atoms with Crippen molar-refractivity contribution >= 4 is 5.69 Å². The Morgan fingerprint density at radius 1 is 1.38 bits per heavy atom. The van der Waals surface area contributed by atoms with E-state index < -0.39 is 0 Å². The molecule has 0 aliphatic heterocycles. The zero-order chi connectivity index (χ0) is 11.0. The first kappa shape index (κ1) is 10.1. The number of rotatable bonds is 4. The van der Waals surface area contributed by atoms with Gasteiger partial charge in [-0.3, -0.25) is 4.98 Å². The monoisotopic (exact) mass is 217 g/mol. The molecule has 3 rings (SSSR count). The van der Waals surface area contributed by atoms with Crippen molar-refractivity contribution in [1.29, 1.82) is 0 Å². The minimum Gasteiger partial charge on any atom is -0.367 e. The van der Waals surface area contributed by atoms with E-state index in [1.54, 1.807) is 0 Å². The number of nitrogens with two attached hydrogens (primary N) is 1. The number of aryl methyl sites for hydroxylation is 1. The fourth-order valence-electron chi connectivity index (χ4n) is 2.74. The summed E-state index contributed by atoms with van der Waals surface area (Å²) in [6.45, 7) is 1.73. The molecule has 1 heterocycles. The topological polar surface area (TPSA) is 42.1 Å². The zero-order valence-corrected chi connectivity index (χ0v) is 9.65. The summed E-state index contributed by atoms with van der Waals surface area (Å²) in [5, 5.41) is 0. The smallest absolute Gasteiger partial charge is 0.0456 e. The molecule has 3 heteroatoms. The zero-order valence-electron chi connectivity index (χ0n) is 9.65. The minimum absolute atomic E-state index is 0.744. The van der Waals surface area contributed by atoms with Gasteiger partial charge in [-0.05, 0) is 43.7 Å². The summed E-state index contributed by atoms with van der Waals surface area (Å²) in [5.41, 5.74) is 9.94. The van der Waals surface area contributed by atoms with E-state index in [9.17, 15) is 0 Å². The van der Waals surface area contributed by atoms with E-state index in [0.717, 1.165) is 25.6 Å². The molecule has 16 heavy (non-hydrogen) atoms. The van der Waals surface area contributed by atoms with Crippen LogP contribution in [0.5, 0.6) is 0 Å². The Morgan fingerprint density at radius 3 is 3.00 bits per heavy atom. The number of pyridine rings is 1. The van der Waals surface area contributed by atoms with Crippen LogP contribution in [0.2, 0.25) is 0 Å². The molecule has 0 unspecified atom stereocenters. The fraction of sp³-hybridized carbons (Fsp3) is 0.615. The summed E-state index contributed by atoms with van der Waals surface area (Å²) in [6.07, 6.45) is 8.25. The van der Waals surface area contributed by atoms with Gasteiger partial charge in [-0.1, -0.05) is 0 Å². The molecule has 1 aromatic heterocycles. The van der Waals surface area contributed by atoms with Crippen molar-refractivity contribution in [3.05, 3.63) is 23.5 Å². The average molecular weight is 217 g/mol. The highest BCUT2D eigenvalue weighted by Gasteiger charge is 2.31. The van der Waals surface area contributed by atoms with Crippen LogP contribution in [0.25, 0.3) is 0 Å². The largest absolute Gasteiger partial charge is 0.367 e. The summed E-state index contributed by atoms with van der Waals surface area (Å²) >= 11 is 0. The van der Waals surface area contributed by atoms with E-state index in [0.29, 0.717) is 0 Å². The van der Waals surface area contributed by atoms with E-state index in [-0.39, 0.29) is 0 Å². The molecule has 0 bridgehead atoms. The van der Waals surface area contributed by atoms with Gasteiger partial charge in [0, 0.05) is 36.7 Å². The Bertz CT molecular complexity index is 385. The summed E-state index contributed by atoms with van der Waals surface area (Å²) in [4.78, 5) is 6.99. The first-order valence-electron chi connectivity index (χ1n) is 6.33. The molecule has 0 radical (unpaired) electrons. The third-order valence-corrected chi connectivity index (χ3v) is 3.63. The second-order valence-corrected chi connectivity index (χ2v) is 4.82. The molecule has 0 amide bonds. The standard InChI is InChI=1S/C13H19N3/c14-7-9-16(10-4-5-10)13-6-8-15-12-3-1-2-11(12)13/h6,8,10H,1-5,7,9,14H2. The fourth-order valence-corrected chi connectivity index (χ4v) is 2.74. The van der Waals surface area contributed by atoms with Gasteiger partial charge >= 0.3 is 0 Å². The lowest BCUT2D eigenvalue weighted by molar-refractivity contribution is 0.778. The minimum atomic E-state index is 0.744. The maximum atomic E-state index is 5.72. The van der Waals surface area contributed by atoms with Gasteiger partial charge < -0.3 is 10.6 Å². The van der Waals surface area contributed by atoms with Crippen molar-refractivity contribution in [2.24, 2.45) is 5.73 Å². The molecular formula is C13H19N3. The van der Waals surface area contributed by atoms with Gasteiger partial charge in [0.25, 0.3) is 0 Å². The third-order valence-electron chi connectivity index (χ3n) is 3.63. The molecular weight excluding hydrogens is 198 g/mol. The number of fused-ring (bicyclic) bond motifs is 1. The number of aromatic nitrogens is 1. The SMILES string of the molecule is NCCN(c1ccnc2c1CCC2)C1CC1. The third kappa shape index (κ3) is 1.69. The second kappa shape index (κ2) is 4.06. The number of hydrogen-bond acceptors (Lipinski definition) is 3. The Hall–Kier alpha value is -1.09. The summed E-state index contributed by atoms with van der Waals surface area (Å²) < 4.78 is 0. The van der Waals surface area contributed by atoms with E-state index in [2.05, 4.69) is 16.0 Å². The van der Waals surface area contributed by atoms with Crippen LogP contribution in [-0.2, 0) is 12.8 Å². The van der Waals surface area contributed by atoms with Crippen LogP contribution in [0.3, 0.4) is 0 Å². The lowest BCUT2D eigenvalue weighted by Crippen LogP contribution is -2.32. The van der Waals surface area contributed by atoms with Gasteiger partial charge in [0.15, 0.2) is 0 Å². The Balaban J connectivity index is 1.94. The Labute approximate surface area is 96.7 Å². The summed E-state index contributed by atoms with van der Waals surface area (Å²) in [6, 6.07) is 2.92. The summed E-state index contributed by atoms with van der Waals surface area (Å²) in [7, 11) is 0. The molecule has 0 saturated heterocycles. The molecule has 1 aromatic rings. The van der Waals surface area contributed by atoms with Crippen LogP contribution in [0, 0.1) is 0 Å². The maximum absolute atomic E-state index is 5.72. The van der Waals surface area contributed by atoms with E-state index in [1.165, 1.54) is 42.6 Å².